The molecule has 0 bridgehead atoms. The lowest BCUT2D eigenvalue weighted by Gasteiger charge is -2.18. The van der Waals surface area contributed by atoms with Crippen LogP contribution in [0.2, 0.25) is 5.02 Å². The minimum Gasteiger partial charge on any atom is -0.468 e. The van der Waals surface area contributed by atoms with Crippen LogP contribution in [0.3, 0.4) is 0 Å². The summed E-state index contributed by atoms with van der Waals surface area (Å²) in [5.41, 5.74) is 2.65. The van der Waals surface area contributed by atoms with Gasteiger partial charge in [0.15, 0.2) is 0 Å². The van der Waals surface area contributed by atoms with Crippen LogP contribution in [0.25, 0.3) is 10.9 Å². The maximum Gasteiger partial charge on any atom is 0.327 e. The number of fused-ring (bicyclic) bond motifs is 1. The van der Waals surface area contributed by atoms with Crippen molar-refractivity contribution in [3.8, 4) is 0 Å². The summed E-state index contributed by atoms with van der Waals surface area (Å²) in [6.07, 6.45) is 1.70. The van der Waals surface area contributed by atoms with E-state index in [4.69, 9.17) is 16.3 Å². The van der Waals surface area contributed by atoms with Crippen molar-refractivity contribution in [1.29, 1.82) is 0 Å². The zero-order valence-corrected chi connectivity index (χ0v) is 15.2. The van der Waals surface area contributed by atoms with Gasteiger partial charge in [0.1, 0.15) is 11.9 Å². The topological polar surface area (TPSA) is 51.2 Å². The van der Waals surface area contributed by atoms with E-state index in [0.29, 0.717) is 22.7 Å². The van der Waals surface area contributed by atoms with Gasteiger partial charge in [0.05, 0.1) is 12.6 Å². The highest BCUT2D eigenvalue weighted by Crippen LogP contribution is 2.26. The third-order valence-electron chi connectivity index (χ3n) is 4.26. The standard InChI is InChI=1S/C20H18ClFN2O2/c1-12-10-14(6-8-17(12)22)19(20(25)26-2)24-11-15-16(21)7-5-13-4-3-9-23-18(13)15/h3-10,19,24H,11H2,1-2H3/t19-/m0/s1. The Kier molecular flexibility index (Phi) is 5.49. The van der Waals surface area contributed by atoms with Crippen LogP contribution in [0.15, 0.2) is 48.7 Å². The summed E-state index contributed by atoms with van der Waals surface area (Å²) in [5.74, 6) is -0.779. The number of carbonyl (C=O) groups excluding carboxylic acids is 1. The molecule has 0 fully saturated rings. The minimum absolute atomic E-state index is 0.309. The fraction of sp³-hybridized carbons (Fsp3) is 0.200. The van der Waals surface area contributed by atoms with Gasteiger partial charge in [-0.1, -0.05) is 35.9 Å². The average molecular weight is 373 g/mol. The SMILES string of the molecule is COC(=O)[C@@H](NCc1c(Cl)ccc2cccnc12)c1ccc(F)c(C)c1. The molecule has 0 aliphatic rings. The van der Waals surface area contributed by atoms with Crippen LogP contribution >= 0.6 is 11.6 Å². The van der Waals surface area contributed by atoms with Gasteiger partial charge >= 0.3 is 5.97 Å². The number of pyridine rings is 1. The van der Waals surface area contributed by atoms with Crippen molar-refractivity contribution in [3.05, 3.63) is 76.2 Å². The quantitative estimate of drug-likeness (QED) is 0.677. The van der Waals surface area contributed by atoms with Gasteiger partial charge in [0, 0.05) is 28.7 Å². The highest BCUT2D eigenvalue weighted by atomic mass is 35.5. The summed E-state index contributed by atoms with van der Waals surface area (Å²) < 4.78 is 18.5. The van der Waals surface area contributed by atoms with Gasteiger partial charge in [0.2, 0.25) is 0 Å². The Morgan fingerprint density at radius 1 is 1.31 bits per heavy atom. The molecule has 1 heterocycles. The van der Waals surface area contributed by atoms with Crippen molar-refractivity contribution < 1.29 is 13.9 Å². The maximum absolute atomic E-state index is 13.6. The van der Waals surface area contributed by atoms with Crippen LogP contribution in [0.5, 0.6) is 0 Å². The molecule has 1 atom stereocenters. The first-order chi connectivity index (χ1) is 12.5. The highest BCUT2D eigenvalue weighted by molar-refractivity contribution is 6.32. The number of aryl methyl sites for hydroxylation is 1. The summed E-state index contributed by atoms with van der Waals surface area (Å²) >= 11 is 6.35. The Morgan fingerprint density at radius 3 is 2.85 bits per heavy atom. The van der Waals surface area contributed by atoms with Crippen molar-refractivity contribution in [2.24, 2.45) is 0 Å². The molecule has 4 nitrogen and oxygen atoms in total. The molecule has 134 valence electrons. The fourth-order valence-corrected chi connectivity index (χ4v) is 3.08. The lowest BCUT2D eigenvalue weighted by atomic mass is 10.0. The van der Waals surface area contributed by atoms with Gasteiger partial charge in [-0.3, -0.25) is 10.3 Å². The number of aromatic nitrogens is 1. The van der Waals surface area contributed by atoms with Gasteiger partial charge < -0.3 is 4.74 Å². The number of halogens is 2. The van der Waals surface area contributed by atoms with E-state index in [9.17, 15) is 9.18 Å². The molecule has 2 aromatic carbocycles. The molecule has 3 rings (SSSR count). The molecule has 1 aromatic heterocycles. The van der Waals surface area contributed by atoms with Crippen LogP contribution in [-0.2, 0) is 16.1 Å². The molecule has 0 aliphatic carbocycles. The van der Waals surface area contributed by atoms with E-state index < -0.39 is 12.0 Å². The average Bonchev–Trinajstić information content (AvgIpc) is 2.65. The number of nitrogens with zero attached hydrogens (tertiary/aromatic N) is 1. The number of methoxy groups -OCH3 is 1. The molecular formula is C20H18ClFN2O2. The van der Waals surface area contributed by atoms with E-state index in [1.807, 2.05) is 18.2 Å². The molecule has 0 radical (unpaired) electrons. The summed E-state index contributed by atoms with van der Waals surface area (Å²) in [4.78, 5) is 16.6. The van der Waals surface area contributed by atoms with Crippen LogP contribution in [-0.4, -0.2) is 18.1 Å². The van der Waals surface area contributed by atoms with Gasteiger partial charge in [-0.15, -0.1) is 0 Å². The molecular weight excluding hydrogens is 355 g/mol. The molecule has 3 aromatic rings. The first-order valence-electron chi connectivity index (χ1n) is 8.10. The Morgan fingerprint density at radius 2 is 2.12 bits per heavy atom. The second-order valence-corrected chi connectivity index (χ2v) is 6.35. The van der Waals surface area contributed by atoms with Crippen molar-refractivity contribution >= 4 is 28.5 Å². The second kappa shape index (κ2) is 7.81. The largest absolute Gasteiger partial charge is 0.468 e. The van der Waals surface area contributed by atoms with Gasteiger partial charge in [-0.25, -0.2) is 9.18 Å². The van der Waals surface area contributed by atoms with E-state index in [1.165, 1.54) is 13.2 Å². The summed E-state index contributed by atoms with van der Waals surface area (Å²) in [7, 11) is 1.32. The van der Waals surface area contributed by atoms with E-state index in [0.717, 1.165) is 16.5 Å². The molecule has 6 heteroatoms. The first kappa shape index (κ1) is 18.3. The van der Waals surface area contributed by atoms with Gasteiger partial charge in [0.25, 0.3) is 0 Å². The summed E-state index contributed by atoms with van der Waals surface area (Å²) in [6, 6.07) is 11.3. The highest BCUT2D eigenvalue weighted by Gasteiger charge is 2.22. The number of ether oxygens (including phenoxy) is 1. The molecule has 0 amide bonds. The number of esters is 1. The molecule has 26 heavy (non-hydrogen) atoms. The fourth-order valence-electron chi connectivity index (χ4n) is 2.86. The molecule has 0 saturated heterocycles. The number of nitrogens with one attached hydrogen (secondary N) is 1. The van der Waals surface area contributed by atoms with Crippen LogP contribution in [0, 0.1) is 12.7 Å². The van der Waals surface area contributed by atoms with Crippen molar-refractivity contribution in [1.82, 2.24) is 10.3 Å². The summed E-state index contributed by atoms with van der Waals surface area (Å²) in [5, 5.41) is 4.68. The number of rotatable bonds is 5. The van der Waals surface area contributed by atoms with Gasteiger partial charge in [-0.05, 0) is 36.2 Å². The lowest BCUT2D eigenvalue weighted by molar-refractivity contribution is -0.143. The molecule has 0 aliphatic heterocycles. The van der Waals surface area contributed by atoms with E-state index >= 15 is 0 Å². The van der Waals surface area contributed by atoms with Crippen LogP contribution in [0.4, 0.5) is 4.39 Å². The predicted molar refractivity (Wildman–Crippen MR) is 99.5 cm³/mol. The van der Waals surface area contributed by atoms with Crippen molar-refractivity contribution in [2.45, 2.75) is 19.5 Å². The molecule has 1 N–H and O–H groups in total. The first-order valence-corrected chi connectivity index (χ1v) is 8.48. The van der Waals surface area contributed by atoms with Crippen molar-refractivity contribution in [2.75, 3.05) is 7.11 Å². The zero-order valence-electron chi connectivity index (χ0n) is 14.4. The normalized spacial score (nSPS) is 12.2. The molecule has 0 unspecified atom stereocenters. The van der Waals surface area contributed by atoms with Gasteiger partial charge in [-0.2, -0.15) is 0 Å². The molecule has 0 spiro atoms. The number of hydrogen-bond donors (Lipinski definition) is 1. The Balaban J connectivity index is 1.93. The Bertz CT molecular complexity index is 962. The maximum atomic E-state index is 13.6. The van der Waals surface area contributed by atoms with E-state index in [1.54, 1.807) is 31.3 Å². The van der Waals surface area contributed by atoms with Crippen molar-refractivity contribution in [3.63, 3.8) is 0 Å². The van der Waals surface area contributed by atoms with E-state index in [2.05, 4.69) is 10.3 Å². The number of benzene rings is 2. The Hall–Kier alpha value is -2.50. The Labute approximate surface area is 156 Å². The minimum atomic E-state index is -0.741. The van der Waals surface area contributed by atoms with Crippen LogP contribution < -0.4 is 5.32 Å². The number of carbonyl (C=O) groups is 1. The third-order valence-corrected chi connectivity index (χ3v) is 4.61. The third kappa shape index (κ3) is 3.69. The smallest absolute Gasteiger partial charge is 0.327 e. The zero-order chi connectivity index (χ0) is 18.7. The monoisotopic (exact) mass is 372 g/mol. The van der Waals surface area contributed by atoms with E-state index in [-0.39, 0.29) is 5.82 Å². The lowest BCUT2D eigenvalue weighted by Crippen LogP contribution is -2.29. The number of hydrogen-bond acceptors (Lipinski definition) is 4. The summed E-state index contributed by atoms with van der Waals surface area (Å²) in [6.45, 7) is 1.96. The predicted octanol–water partition coefficient (Wildman–Crippen LogP) is 4.34. The molecule has 0 saturated carbocycles. The second-order valence-electron chi connectivity index (χ2n) is 5.95. The van der Waals surface area contributed by atoms with Crippen LogP contribution in [0.1, 0.15) is 22.7 Å².